The van der Waals surface area contributed by atoms with Crippen LogP contribution in [-0.2, 0) is 47.6 Å². The van der Waals surface area contributed by atoms with Crippen molar-refractivity contribution >= 4 is 29.8 Å². The largest absolute Gasteiger partial charge is 0.464 e. The molecule has 1 fully saturated rings. The number of hydrogen-bond donors (Lipinski definition) is 0. The number of carbonyl (C=O) groups excluding carboxylic acids is 5. The quantitative estimate of drug-likeness (QED) is 0.317. The van der Waals surface area contributed by atoms with Crippen LogP contribution in [0.2, 0.25) is 0 Å². The molecule has 0 N–H and O–H groups in total. The van der Waals surface area contributed by atoms with Gasteiger partial charge in [0, 0.05) is 33.3 Å². The van der Waals surface area contributed by atoms with E-state index in [4.69, 9.17) is 28.4 Å². The first-order valence-electron chi connectivity index (χ1n) is 12.0. The van der Waals surface area contributed by atoms with Crippen molar-refractivity contribution in [1.82, 2.24) is 9.97 Å². The van der Waals surface area contributed by atoms with Crippen molar-refractivity contribution in [2.75, 3.05) is 13.7 Å². The molecule has 214 valence electrons. The highest BCUT2D eigenvalue weighted by molar-refractivity contribution is 5.86. The third kappa shape index (κ3) is 7.96. The van der Waals surface area contributed by atoms with Crippen molar-refractivity contribution in [1.29, 1.82) is 0 Å². The summed E-state index contributed by atoms with van der Waals surface area (Å²) in [6.07, 6.45) is -3.84. The van der Waals surface area contributed by atoms with Gasteiger partial charge in [-0.25, -0.2) is 9.78 Å². The number of nitrogens with zero attached hydrogens (tertiary/aromatic N) is 2. The van der Waals surface area contributed by atoms with Crippen molar-refractivity contribution in [2.24, 2.45) is 0 Å². The number of aromatic nitrogens is 2. The molecule has 14 nitrogen and oxygen atoms in total. The van der Waals surface area contributed by atoms with Crippen molar-refractivity contribution in [3.63, 3.8) is 0 Å². The second-order valence-electron chi connectivity index (χ2n) is 8.49. The van der Waals surface area contributed by atoms with Gasteiger partial charge in [-0.15, -0.1) is 0 Å². The predicted molar refractivity (Wildman–Crippen MR) is 131 cm³/mol. The number of rotatable bonds is 9. The van der Waals surface area contributed by atoms with Crippen LogP contribution in [0.4, 0.5) is 0 Å². The van der Waals surface area contributed by atoms with Crippen molar-refractivity contribution in [3.8, 4) is 17.0 Å². The first kappa shape index (κ1) is 30.0. The van der Waals surface area contributed by atoms with E-state index in [1.165, 1.54) is 26.4 Å². The molecule has 0 bridgehead atoms. The fourth-order valence-corrected chi connectivity index (χ4v) is 3.81. The predicted octanol–water partition coefficient (Wildman–Crippen LogP) is 1.39. The lowest BCUT2D eigenvalue weighted by atomic mass is 9.98. The van der Waals surface area contributed by atoms with Crippen molar-refractivity contribution in [2.45, 2.75) is 58.4 Å². The van der Waals surface area contributed by atoms with E-state index in [2.05, 4.69) is 14.7 Å². The van der Waals surface area contributed by atoms with Gasteiger partial charge in [-0.3, -0.25) is 24.2 Å². The average Bonchev–Trinajstić information content (AvgIpc) is 2.90. The molecule has 1 aromatic heterocycles. The lowest BCUT2D eigenvalue weighted by molar-refractivity contribution is -0.288. The number of hydrogen-bond acceptors (Lipinski definition) is 14. The molecule has 0 spiro atoms. The molecule has 0 amide bonds. The highest BCUT2D eigenvalue weighted by Gasteiger charge is 2.53. The van der Waals surface area contributed by atoms with Crippen LogP contribution in [-0.4, -0.2) is 84.2 Å². The molecule has 0 aliphatic carbocycles. The smallest absolute Gasteiger partial charge is 0.358 e. The van der Waals surface area contributed by atoms with Gasteiger partial charge in [-0.1, -0.05) is 0 Å². The van der Waals surface area contributed by atoms with Gasteiger partial charge < -0.3 is 33.2 Å². The second kappa shape index (κ2) is 13.5. The first-order chi connectivity index (χ1) is 19.0. The minimum atomic E-state index is -1.37. The topological polar surface area (TPSA) is 176 Å². The van der Waals surface area contributed by atoms with Gasteiger partial charge in [0.15, 0.2) is 17.9 Å². The van der Waals surface area contributed by atoms with Crippen LogP contribution >= 0.6 is 0 Å². The van der Waals surface area contributed by atoms with Crippen molar-refractivity contribution < 1.29 is 57.1 Å². The normalized spacial score (nSPS) is 21.9. The van der Waals surface area contributed by atoms with Gasteiger partial charge in [0.05, 0.1) is 25.2 Å². The molecule has 3 rings (SSSR count). The molecule has 2 aromatic rings. The zero-order valence-electron chi connectivity index (χ0n) is 22.4. The van der Waals surface area contributed by atoms with E-state index in [1.807, 2.05) is 0 Å². The SMILES string of the molecule is COC(=O)c1cnc(-c2ccc(O[C@@H]3O[C@H](COC(C)=O)[C@@H](OC(C)=O)[C@H](OC(C)=O)[C@@H]3OC(C)=O)cc2)cn1. The van der Waals surface area contributed by atoms with E-state index >= 15 is 0 Å². The summed E-state index contributed by atoms with van der Waals surface area (Å²) < 4.78 is 37.7. The van der Waals surface area contributed by atoms with Gasteiger partial charge in [0.2, 0.25) is 12.4 Å². The summed E-state index contributed by atoms with van der Waals surface area (Å²) in [5.41, 5.74) is 1.15. The van der Waals surface area contributed by atoms with Crippen LogP contribution in [0.15, 0.2) is 36.7 Å². The Balaban J connectivity index is 1.89. The van der Waals surface area contributed by atoms with Crippen LogP contribution in [0.3, 0.4) is 0 Å². The lowest BCUT2D eigenvalue weighted by Crippen LogP contribution is -2.63. The zero-order valence-corrected chi connectivity index (χ0v) is 22.4. The van der Waals surface area contributed by atoms with E-state index < -0.39 is 60.6 Å². The summed E-state index contributed by atoms with van der Waals surface area (Å²) in [6, 6.07) is 6.45. The minimum absolute atomic E-state index is 0.0508. The third-order valence-corrected chi connectivity index (χ3v) is 5.40. The van der Waals surface area contributed by atoms with E-state index in [1.54, 1.807) is 24.3 Å². The van der Waals surface area contributed by atoms with Gasteiger partial charge in [0.25, 0.3) is 0 Å². The highest BCUT2D eigenvalue weighted by Crippen LogP contribution is 2.31. The van der Waals surface area contributed by atoms with Crippen molar-refractivity contribution in [3.05, 3.63) is 42.4 Å². The Morgan fingerprint density at radius 1 is 0.775 bits per heavy atom. The Morgan fingerprint density at radius 3 is 1.90 bits per heavy atom. The standard InChI is InChI=1S/C26H28N2O12/c1-13(29)35-12-21-22(36-14(2)30)23(37-15(3)31)24(38-16(4)32)26(40-21)39-18-8-6-17(7-9-18)19-10-28-20(11-27-19)25(33)34-5/h6-11,21-24,26H,12H2,1-5H3/t21-,22-,23+,24+,26-/m1/s1. The number of ether oxygens (including phenoxy) is 7. The van der Waals surface area contributed by atoms with Gasteiger partial charge >= 0.3 is 29.8 Å². The Bertz CT molecular complexity index is 1230. The summed E-state index contributed by atoms with van der Waals surface area (Å²) in [7, 11) is 1.24. The molecular formula is C26H28N2O12. The average molecular weight is 561 g/mol. The number of carbonyl (C=O) groups is 5. The summed E-state index contributed by atoms with van der Waals surface area (Å²) in [6.45, 7) is 4.19. The Labute approximate surface area is 228 Å². The van der Waals surface area contributed by atoms with Crippen LogP contribution in [0.1, 0.15) is 38.2 Å². The molecule has 40 heavy (non-hydrogen) atoms. The van der Waals surface area contributed by atoms with E-state index in [0.717, 1.165) is 20.8 Å². The fourth-order valence-electron chi connectivity index (χ4n) is 3.81. The monoisotopic (exact) mass is 560 g/mol. The molecule has 0 radical (unpaired) electrons. The van der Waals surface area contributed by atoms with Crippen LogP contribution in [0, 0.1) is 0 Å². The molecule has 2 heterocycles. The van der Waals surface area contributed by atoms with Crippen LogP contribution < -0.4 is 4.74 Å². The van der Waals surface area contributed by atoms with E-state index in [9.17, 15) is 24.0 Å². The third-order valence-electron chi connectivity index (χ3n) is 5.40. The molecule has 5 atom stereocenters. The first-order valence-corrected chi connectivity index (χ1v) is 12.0. The molecule has 1 aliphatic heterocycles. The van der Waals surface area contributed by atoms with Gasteiger partial charge in [0.1, 0.15) is 18.5 Å². The maximum atomic E-state index is 12.0. The van der Waals surface area contributed by atoms with Gasteiger partial charge in [-0.2, -0.15) is 0 Å². The fraction of sp³-hybridized carbons (Fsp3) is 0.423. The maximum absolute atomic E-state index is 12.0. The molecule has 14 heteroatoms. The summed E-state index contributed by atoms with van der Waals surface area (Å²) in [4.78, 5) is 67.0. The van der Waals surface area contributed by atoms with Crippen LogP contribution in [0.25, 0.3) is 11.3 Å². The molecular weight excluding hydrogens is 532 g/mol. The molecule has 0 saturated carbocycles. The van der Waals surface area contributed by atoms with E-state index in [-0.39, 0.29) is 18.1 Å². The molecule has 1 saturated heterocycles. The zero-order chi connectivity index (χ0) is 29.4. The molecule has 1 aliphatic rings. The summed E-state index contributed by atoms with van der Waals surface area (Å²) in [5, 5.41) is 0. The summed E-state index contributed by atoms with van der Waals surface area (Å²) >= 11 is 0. The summed E-state index contributed by atoms with van der Waals surface area (Å²) in [5.74, 6) is -3.24. The second-order valence-corrected chi connectivity index (χ2v) is 8.49. The Hall–Kier alpha value is -4.59. The highest BCUT2D eigenvalue weighted by atomic mass is 16.7. The lowest BCUT2D eigenvalue weighted by Gasteiger charge is -2.43. The molecule has 1 aromatic carbocycles. The van der Waals surface area contributed by atoms with Gasteiger partial charge in [-0.05, 0) is 24.3 Å². The van der Waals surface area contributed by atoms with Crippen LogP contribution in [0.5, 0.6) is 5.75 Å². The van der Waals surface area contributed by atoms with E-state index in [0.29, 0.717) is 11.3 Å². The Kier molecular flexibility index (Phi) is 10.1. The number of benzene rings is 1. The Morgan fingerprint density at radius 2 is 1.38 bits per heavy atom. The minimum Gasteiger partial charge on any atom is -0.464 e. The number of methoxy groups -OCH3 is 1. The maximum Gasteiger partial charge on any atom is 0.358 e. The number of esters is 5. The molecule has 0 unspecified atom stereocenters.